The number of rotatable bonds is 17. The molecule has 0 unspecified atom stereocenters. The molecular weight excluding hydrogens is 391 g/mol. The number of allylic oxidation sites excluding steroid dienone is 1. The number of aliphatic imine (C=N–C) groups is 1. The van der Waals surface area contributed by atoms with Crippen LogP contribution < -0.4 is 40.0 Å². The molecule has 2 atom stereocenters. The number of carbonyl (C=O) groups excluding carboxylic acids is 1. The van der Waals surface area contributed by atoms with Crippen molar-refractivity contribution in [3.63, 3.8) is 0 Å². The minimum Gasteiger partial charge on any atom is -0.862 e. The third kappa shape index (κ3) is 16.9. The molecule has 0 bridgehead atoms. The van der Waals surface area contributed by atoms with Crippen molar-refractivity contribution < 1.29 is 49.4 Å². The van der Waals surface area contributed by atoms with Crippen molar-refractivity contribution in [2.24, 2.45) is 16.8 Å². The van der Waals surface area contributed by atoms with Crippen LogP contribution in [-0.4, -0.2) is 35.0 Å². The third-order valence-corrected chi connectivity index (χ3v) is 4.67. The first-order valence-corrected chi connectivity index (χ1v) is 11.0. The van der Waals surface area contributed by atoms with Crippen LogP contribution in [0, 0.1) is 11.8 Å². The van der Waals surface area contributed by atoms with Crippen LogP contribution in [0.1, 0.15) is 91.9 Å². The van der Waals surface area contributed by atoms with E-state index in [1.54, 1.807) is 0 Å². The number of unbranched alkanes of at least 4 members (excludes halogenated alkanes) is 6. The first-order chi connectivity index (χ1) is 13.7. The number of hydrogen-bond donors (Lipinski definition) is 2. The second kappa shape index (κ2) is 18.9. The summed E-state index contributed by atoms with van der Waals surface area (Å²) in [5, 5.41) is 24.1. The van der Waals surface area contributed by atoms with Gasteiger partial charge in [0.15, 0.2) is 0 Å². The van der Waals surface area contributed by atoms with E-state index >= 15 is 0 Å². The molecule has 0 aromatic rings. The number of carboxylic acids is 1. The van der Waals surface area contributed by atoms with Crippen LogP contribution in [0.4, 0.5) is 0 Å². The van der Waals surface area contributed by atoms with Crippen LogP contribution >= 0.6 is 0 Å². The van der Waals surface area contributed by atoms with Gasteiger partial charge < -0.3 is 15.5 Å². The van der Waals surface area contributed by atoms with Gasteiger partial charge in [0, 0.05) is 0 Å². The normalized spacial score (nSPS) is 13.6. The van der Waals surface area contributed by atoms with E-state index in [0.717, 1.165) is 38.5 Å². The van der Waals surface area contributed by atoms with E-state index in [-0.39, 0.29) is 47.3 Å². The Kier molecular flexibility index (Phi) is 19.7. The van der Waals surface area contributed by atoms with Crippen LogP contribution in [0.25, 0.3) is 0 Å². The molecule has 0 aromatic carbocycles. The molecule has 0 rings (SSSR count). The van der Waals surface area contributed by atoms with Crippen molar-refractivity contribution >= 4 is 17.8 Å². The molecule has 7 heteroatoms. The summed E-state index contributed by atoms with van der Waals surface area (Å²) in [6, 6.07) is -1.78. The molecular formula is C23H41N2NaO4. The maximum atomic E-state index is 12.6. The number of amides is 1. The second-order valence-electron chi connectivity index (χ2n) is 8.65. The first kappa shape index (κ1) is 31.3. The summed E-state index contributed by atoms with van der Waals surface area (Å²) in [4.78, 5) is 28.1. The fourth-order valence-electron chi connectivity index (χ4n) is 3.14. The van der Waals surface area contributed by atoms with Gasteiger partial charge in [-0.15, -0.1) is 6.58 Å². The van der Waals surface area contributed by atoms with Gasteiger partial charge in [0.25, 0.3) is 0 Å². The van der Waals surface area contributed by atoms with Crippen LogP contribution in [0.5, 0.6) is 0 Å². The maximum absolute atomic E-state index is 12.6. The van der Waals surface area contributed by atoms with Crippen LogP contribution in [0.2, 0.25) is 0 Å². The van der Waals surface area contributed by atoms with Gasteiger partial charge in [-0.1, -0.05) is 59.5 Å². The molecule has 0 spiro atoms. The standard InChI is InChI=1S/C23H42N2O4.Na/c1-6-7-8-9-10-11-12-13-14-21(26)24-19(15-17(2)3)22(27)25-20(23(28)29)16-18(4)5;/h6,17-20H,1,7-16H2,2-5H3,(H,24,26)(H,25,27)(H,28,29);/q;+1/p-1/t19-,20-;/m0./s1. The van der Waals surface area contributed by atoms with Crippen molar-refractivity contribution in [3.05, 3.63) is 12.7 Å². The number of aliphatic carboxylic acids is 1. The molecule has 0 aliphatic rings. The van der Waals surface area contributed by atoms with Crippen molar-refractivity contribution in [3.8, 4) is 0 Å². The monoisotopic (exact) mass is 432 g/mol. The maximum Gasteiger partial charge on any atom is 1.00 e. The van der Waals surface area contributed by atoms with E-state index in [2.05, 4.69) is 16.9 Å². The minimum atomic E-state index is -1.06. The Balaban J connectivity index is 0. The number of carbonyl (C=O) groups is 2. The van der Waals surface area contributed by atoms with Gasteiger partial charge in [0.05, 0.1) is 0 Å². The van der Waals surface area contributed by atoms with E-state index in [4.69, 9.17) is 0 Å². The Labute approximate surface area is 205 Å². The molecule has 0 aliphatic heterocycles. The number of carboxylic acid groups (broad SMARTS) is 1. The summed E-state index contributed by atoms with van der Waals surface area (Å²) in [6.07, 6.45) is 10.4. The molecule has 6 nitrogen and oxygen atoms in total. The molecule has 0 saturated heterocycles. The molecule has 2 N–H and O–H groups in total. The van der Waals surface area contributed by atoms with Crippen molar-refractivity contribution in [2.45, 2.75) is 104 Å². The Morgan fingerprint density at radius 3 is 2.03 bits per heavy atom. The van der Waals surface area contributed by atoms with E-state index in [0.29, 0.717) is 19.3 Å². The van der Waals surface area contributed by atoms with E-state index in [9.17, 15) is 19.8 Å². The van der Waals surface area contributed by atoms with Crippen molar-refractivity contribution in [2.75, 3.05) is 0 Å². The fraction of sp³-hybridized carbons (Fsp3) is 0.783. The third-order valence-electron chi connectivity index (χ3n) is 4.67. The molecule has 1 amide bonds. The summed E-state index contributed by atoms with van der Waals surface area (Å²) in [6.45, 7) is 11.4. The predicted molar refractivity (Wildman–Crippen MR) is 117 cm³/mol. The number of hydrogen-bond acceptors (Lipinski definition) is 4. The molecule has 30 heavy (non-hydrogen) atoms. The Hall–Kier alpha value is -0.850. The largest absolute Gasteiger partial charge is 1.00 e. The number of nitrogens with zero attached hydrogens (tertiary/aromatic N) is 1. The summed E-state index contributed by atoms with van der Waals surface area (Å²) < 4.78 is 0. The molecule has 0 radical (unpaired) electrons. The summed E-state index contributed by atoms with van der Waals surface area (Å²) >= 11 is 0. The SMILES string of the molecule is C=CCCCCCCCCC([O-])=N[C@@H](CC(C)C)C(=O)N[C@@H](CC(C)C)C(=O)O.[Na+]. The Morgan fingerprint density at radius 2 is 1.53 bits per heavy atom. The zero-order chi connectivity index (χ0) is 22.2. The summed E-state index contributed by atoms with van der Waals surface area (Å²) in [5.74, 6) is -1.49. The molecule has 0 aliphatic carbocycles. The average molecular weight is 433 g/mol. The van der Waals surface area contributed by atoms with Gasteiger partial charge >= 0.3 is 35.5 Å². The van der Waals surface area contributed by atoms with E-state index < -0.39 is 24.0 Å². The zero-order valence-electron chi connectivity index (χ0n) is 19.8. The fourth-order valence-corrected chi connectivity index (χ4v) is 3.14. The predicted octanol–water partition coefficient (Wildman–Crippen LogP) is 1.09. The van der Waals surface area contributed by atoms with E-state index in [1.807, 2.05) is 33.8 Å². The molecule has 168 valence electrons. The van der Waals surface area contributed by atoms with Gasteiger partial charge in [0.2, 0.25) is 5.91 Å². The van der Waals surface area contributed by atoms with Gasteiger partial charge in [-0.25, -0.2) is 4.79 Å². The van der Waals surface area contributed by atoms with Crippen LogP contribution in [-0.2, 0) is 9.59 Å². The second-order valence-corrected chi connectivity index (χ2v) is 8.65. The summed E-state index contributed by atoms with van der Waals surface area (Å²) in [5.41, 5.74) is 0. The molecule has 0 aromatic heterocycles. The molecule has 0 fully saturated rings. The Bertz CT molecular complexity index is 521. The quantitative estimate of drug-likeness (QED) is 0.118. The summed E-state index contributed by atoms with van der Waals surface area (Å²) in [7, 11) is 0. The van der Waals surface area contributed by atoms with Gasteiger partial charge in [-0.05, 0) is 56.3 Å². The zero-order valence-corrected chi connectivity index (χ0v) is 21.8. The topological polar surface area (TPSA) is 102 Å². The van der Waals surface area contributed by atoms with Gasteiger partial charge in [-0.2, -0.15) is 0 Å². The van der Waals surface area contributed by atoms with E-state index in [1.165, 1.54) is 6.42 Å². The smallest absolute Gasteiger partial charge is 0.862 e. The average Bonchev–Trinajstić information content (AvgIpc) is 2.61. The molecule has 0 heterocycles. The van der Waals surface area contributed by atoms with Crippen LogP contribution in [0.15, 0.2) is 17.6 Å². The van der Waals surface area contributed by atoms with Gasteiger partial charge in [0.1, 0.15) is 12.1 Å². The number of nitrogens with one attached hydrogen (secondary N) is 1. The van der Waals surface area contributed by atoms with Crippen molar-refractivity contribution in [1.82, 2.24) is 5.32 Å². The molecule has 0 saturated carbocycles. The van der Waals surface area contributed by atoms with Crippen molar-refractivity contribution in [1.29, 1.82) is 0 Å². The Morgan fingerprint density at radius 1 is 1.00 bits per heavy atom. The van der Waals surface area contributed by atoms with Gasteiger partial charge in [-0.3, -0.25) is 9.79 Å². The first-order valence-electron chi connectivity index (χ1n) is 11.0. The minimum absolute atomic E-state index is 0. The van der Waals surface area contributed by atoms with Crippen LogP contribution in [0.3, 0.4) is 0 Å².